The number of anilines is 2. The van der Waals surface area contributed by atoms with Crippen LogP contribution in [0.15, 0.2) is 53.9 Å². The highest BCUT2D eigenvalue weighted by molar-refractivity contribution is 7.14. The highest BCUT2D eigenvalue weighted by Crippen LogP contribution is 2.34. The van der Waals surface area contributed by atoms with E-state index in [0.717, 1.165) is 16.9 Å². The molecule has 0 fully saturated rings. The molecule has 7 heteroatoms. The Kier molecular flexibility index (Phi) is 5.93. The molecule has 1 aromatic heterocycles. The van der Waals surface area contributed by atoms with Gasteiger partial charge in [-0.1, -0.05) is 18.2 Å². The second-order valence-electron chi connectivity index (χ2n) is 5.84. The molecule has 1 N–H and O–H groups in total. The SMILES string of the molecule is COc1ccc(-c2csc(NC(=O)CN(C)c3ccccc3)n2)c(OC)c1. The molecule has 140 valence electrons. The van der Waals surface area contributed by atoms with E-state index in [4.69, 9.17) is 9.47 Å². The van der Waals surface area contributed by atoms with Gasteiger partial charge in [0.2, 0.25) is 5.91 Å². The quantitative estimate of drug-likeness (QED) is 0.670. The van der Waals surface area contributed by atoms with Gasteiger partial charge in [-0.15, -0.1) is 11.3 Å². The standard InChI is InChI=1S/C20H21N3O3S/c1-23(14-7-5-4-6-8-14)12-19(24)22-20-21-17(13-27-20)16-10-9-15(25-2)11-18(16)26-3/h4-11,13H,12H2,1-3H3,(H,21,22,24). The lowest BCUT2D eigenvalue weighted by Crippen LogP contribution is -2.29. The summed E-state index contributed by atoms with van der Waals surface area (Å²) in [6.07, 6.45) is 0. The molecule has 1 heterocycles. The van der Waals surface area contributed by atoms with Gasteiger partial charge in [0, 0.05) is 29.7 Å². The van der Waals surface area contributed by atoms with Crippen molar-refractivity contribution in [1.82, 2.24) is 4.98 Å². The molecular formula is C20H21N3O3S. The van der Waals surface area contributed by atoms with Gasteiger partial charge in [0.1, 0.15) is 11.5 Å². The minimum Gasteiger partial charge on any atom is -0.497 e. The predicted molar refractivity (Wildman–Crippen MR) is 109 cm³/mol. The molecule has 0 saturated heterocycles. The van der Waals surface area contributed by atoms with Crippen LogP contribution in [0.5, 0.6) is 11.5 Å². The second-order valence-corrected chi connectivity index (χ2v) is 6.70. The van der Waals surface area contributed by atoms with E-state index in [0.29, 0.717) is 16.6 Å². The number of methoxy groups -OCH3 is 2. The Morgan fingerprint density at radius 3 is 2.63 bits per heavy atom. The van der Waals surface area contributed by atoms with Crippen molar-refractivity contribution in [3.8, 4) is 22.8 Å². The van der Waals surface area contributed by atoms with Crippen LogP contribution in [0, 0.1) is 0 Å². The van der Waals surface area contributed by atoms with Crippen molar-refractivity contribution < 1.29 is 14.3 Å². The van der Waals surface area contributed by atoms with Crippen LogP contribution in [0.25, 0.3) is 11.3 Å². The van der Waals surface area contributed by atoms with Crippen molar-refractivity contribution in [2.24, 2.45) is 0 Å². The lowest BCUT2D eigenvalue weighted by Gasteiger charge is -2.18. The normalized spacial score (nSPS) is 10.3. The molecule has 0 unspecified atom stereocenters. The first-order valence-electron chi connectivity index (χ1n) is 8.34. The zero-order chi connectivity index (χ0) is 19.2. The molecule has 0 aliphatic rings. The maximum atomic E-state index is 12.3. The first kappa shape index (κ1) is 18.7. The Hall–Kier alpha value is -3.06. The third-order valence-electron chi connectivity index (χ3n) is 4.01. The Morgan fingerprint density at radius 2 is 1.93 bits per heavy atom. The number of para-hydroxylation sites is 1. The molecular weight excluding hydrogens is 362 g/mol. The third-order valence-corrected chi connectivity index (χ3v) is 4.77. The van der Waals surface area contributed by atoms with Crippen LogP contribution in [0.3, 0.4) is 0 Å². The average Bonchev–Trinajstić information content (AvgIpc) is 3.16. The number of benzene rings is 2. The molecule has 0 aliphatic heterocycles. The van der Waals surface area contributed by atoms with Crippen LogP contribution in [0.2, 0.25) is 0 Å². The van der Waals surface area contributed by atoms with Gasteiger partial charge in [-0.3, -0.25) is 4.79 Å². The number of aromatic nitrogens is 1. The molecule has 3 rings (SSSR count). The first-order valence-corrected chi connectivity index (χ1v) is 9.22. The molecule has 27 heavy (non-hydrogen) atoms. The van der Waals surface area contributed by atoms with Crippen molar-refractivity contribution >= 4 is 28.1 Å². The zero-order valence-corrected chi connectivity index (χ0v) is 16.2. The maximum absolute atomic E-state index is 12.3. The number of amides is 1. The number of nitrogens with zero attached hydrogens (tertiary/aromatic N) is 2. The van der Waals surface area contributed by atoms with Crippen LogP contribution < -0.4 is 19.7 Å². The number of likely N-dealkylation sites (N-methyl/N-ethyl adjacent to an activating group) is 1. The summed E-state index contributed by atoms with van der Waals surface area (Å²) in [6, 6.07) is 15.3. The van der Waals surface area contributed by atoms with Gasteiger partial charge in [0.05, 0.1) is 26.5 Å². The number of rotatable bonds is 7. The van der Waals surface area contributed by atoms with Crippen LogP contribution in [0.1, 0.15) is 0 Å². The number of thiazole rings is 1. The van der Waals surface area contributed by atoms with E-state index in [1.807, 2.05) is 65.9 Å². The molecule has 3 aromatic rings. The summed E-state index contributed by atoms with van der Waals surface area (Å²) < 4.78 is 10.6. The van der Waals surface area contributed by atoms with Crippen molar-refractivity contribution in [3.63, 3.8) is 0 Å². The third kappa shape index (κ3) is 4.57. The van der Waals surface area contributed by atoms with Crippen molar-refractivity contribution in [3.05, 3.63) is 53.9 Å². The first-order chi connectivity index (χ1) is 13.1. The lowest BCUT2D eigenvalue weighted by atomic mass is 10.1. The Labute approximate surface area is 162 Å². The molecule has 0 aliphatic carbocycles. The molecule has 1 amide bonds. The molecule has 0 saturated carbocycles. The summed E-state index contributed by atoms with van der Waals surface area (Å²) >= 11 is 1.38. The van der Waals surface area contributed by atoms with Gasteiger partial charge in [0.25, 0.3) is 0 Å². The number of hydrogen-bond acceptors (Lipinski definition) is 6. The van der Waals surface area contributed by atoms with Gasteiger partial charge in [-0.05, 0) is 24.3 Å². The molecule has 0 radical (unpaired) electrons. The average molecular weight is 383 g/mol. The van der Waals surface area contributed by atoms with E-state index in [-0.39, 0.29) is 12.5 Å². The predicted octanol–water partition coefficient (Wildman–Crippen LogP) is 3.90. The molecule has 6 nitrogen and oxygen atoms in total. The smallest absolute Gasteiger partial charge is 0.245 e. The van der Waals surface area contributed by atoms with E-state index in [1.54, 1.807) is 14.2 Å². The Balaban J connectivity index is 1.68. The summed E-state index contributed by atoms with van der Waals surface area (Å²) in [4.78, 5) is 18.7. The summed E-state index contributed by atoms with van der Waals surface area (Å²) in [5.41, 5.74) is 2.57. The summed E-state index contributed by atoms with van der Waals surface area (Å²) in [6.45, 7) is 0.241. The van der Waals surface area contributed by atoms with Crippen LogP contribution in [-0.4, -0.2) is 38.7 Å². The van der Waals surface area contributed by atoms with Gasteiger partial charge in [0.15, 0.2) is 5.13 Å². The fraction of sp³-hybridized carbons (Fsp3) is 0.200. The van der Waals surface area contributed by atoms with Crippen molar-refractivity contribution in [1.29, 1.82) is 0 Å². The van der Waals surface area contributed by atoms with E-state index >= 15 is 0 Å². The van der Waals surface area contributed by atoms with Crippen LogP contribution in [-0.2, 0) is 4.79 Å². The van der Waals surface area contributed by atoms with Gasteiger partial charge < -0.3 is 19.7 Å². The molecule has 0 bridgehead atoms. The highest BCUT2D eigenvalue weighted by Gasteiger charge is 2.14. The summed E-state index contributed by atoms with van der Waals surface area (Å²) in [5.74, 6) is 1.26. The number of hydrogen-bond donors (Lipinski definition) is 1. The van der Waals surface area contributed by atoms with Gasteiger partial charge in [-0.25, -0.2) is 4.98 Å². The molecule has 0 atom stereocenters. The monoisotopic (exact) mass is 383 g/mol. The number of nitrogens with one attached hydrogen (secondary N) is 1. The minimum atomic E-state index is -0.121. The Morgan fingerprint density at radius 1 is 1.15 bits per heavy atom. The van der Waals surface area contributed by atoms with Crippen molar-refractivity contribution in [2.75, 3.05) is 38.0 Å². The minimum absolute atomic E-state index is 0.121. The fourth-order valence-electron chi connectivity index (χ4n) is 2.61. The fourth-order valence-corrected chi connectivity index (χ4v) is 3.34. The van der Waals surface area contributed by atoms with E-state index in [9.17, 15) is 4.79 Å². The lowest BCUT2D eigenvalue weighted by molar-refractivity contribution is -0.114. The highest BCUT2D eigenvalue weighted by atomic mass is 32.1. The second kappa shape index (κ2) is 8.55. The van der Waals surface area contributed by atoms with E-state index < -0.39 is 0 Å². The number of ether oxygens (including phenoxy) is 2. The summed E-state index contributed by atoms with van der Waals surface area (Å²) in [5, 5.41) is 5.29. The zero-order valence-electron chi connectivity index (χ0n) is 15.4. The Bertz CT molecular complexity index is 912. The number of carbonyl (C=O) groups excluding carboxylic acids is 1. The number of carbonyl (C=O) groups is 1. The topological polar surface area (TPSA) is 63.7 Å². The maximum Gasteiger partial charge on any atom is 0.245 e. The van der Waals surface area contributed by atoms with Crippen LogP contribution in [0.4, 0.5) is 10.8 Å². The van der Waals surface area contributed by atoms with Gasteiger partial charge >= 0.3 is 0 Å². The van der Waals surface area contributed by atoms with Gasteiger partial charge in [-0.2, -0.15) is 0 Å². The summed E-state index contributed by atoms with van der Waals surface area (Å²) in [7, 11) is 5.09. The van der Waals surface area contributed by atoms with E-state index in [1.165, 1.54) is 11.3 Å². The van der Waals surface area contributed by atoms with Crippen molar-refractivity contribution in [2.45, 2.75) is 0 Å². The van der Waals surface area contributed by atoms with E-state index in [2.05, 4.69) is 10.3 Å². The molecule has 0 spiro atoms. The van der Waals surface area contributed by atoms with Crippen LogP contribution >= 0.6 is 11.3 Å². The largest absolute Gasteiger partial charge is 0.497 e. The molecule has 2 aromatic carbocycles.